The van der Waals surface area contributed by atoms with E-state index in [4.69, 9.17) is 24.3 Å². The van der Waals surface area contributed by atoms with Gasteiger partial charge in [0, 0.05) is 19.4 Å². The lowest BCUT2D eigenvalue weighted by Crippen LogP contribution is -2.29. The van der Waals surface area contributed by atoms with Crippen LogP contribution in [0.3, 0.4) is 0 Å². The molecule has 70 heavy (non-hydrogen) atoms. The fourth-order valence-electron chi connectivity index (χ4n) is 8.11. The van der Waals surface area contributed by atoms with E-state index in [-0.39, 0.29) is 38.6 Å². The van der Waals surface area contributed by atoms with Gasteiger partial charge >= 0.3 is 19.8 Å². The number of ether oxygens (including phenoxy) is 2. The average molecular weight is 1000 g/mol. The third kappa shape index (κ3) is 54.8. The van der Waals surface area contributed by atoms with E-state index in [1.54, 1.807) is 0 Å². The normalized spacial score (nSPS) is 13.6. The van der Waals surface area contributed by atoms with Gasteiger partial charge in [-0.25, -0.2) is 4.57 Å². The molecule has 406 valence electrons. The molecule has 0 amide bonds. The smallest absolute Gasteiger partial charge is 0.462 e. The molecule has 0 aromatic carbocycles. The van der Waals surface area contributed by atoms with Gasteiger partial charge in [0.05, 0.1) is 13.2 Å². The summed E-state index contributed by atoms with van der Waals surface area (Å²) in [6.07, 6.45) is 71.5. The first-order chi connectivity index (χ1) is 34.3. The zero-order valence-electron chi connectivity index (χ0n) is 45.2. The van der Waals surface area contributed by atoms with E-state index in [1.807, 2.05) is 0 Å². The highest BCUT2D eigenvalue weighted by Gasteiger charge is 2.26. The Hall–Kier alpha value is -2.55. The van der Waals surface area contributed by atoms with Crippen molar-refractivity contribution in [3.05, 3.63) is 72.9 Å². The molecule has 0 radical (unpaired) electrons. The van der Waals surface area contributed by atoms with Crippen molar-refractivity contribution >= 4 is 19.8 Å². The second-order valence-electron chi connectivity index (χ2n) is 19.1. The Morgan fingerprint density at radius 2 is 0.786 bits per heavy atom. The Balaban J connectivity index is 3.70. The number of allylic oxidation sites excluding steroid dienone is 12. The number of carbonyl (C=O) groups excluding carboxylic acids is 2. The SMILES string of the molecule is CC/C=C\C/C=C\C/C=C\C/C=C\C/C=C\C/C=C\CCCCCCCCCCCCCCCCCCCCCCCCC(=O)OC(COC(=O)CCCCCCCCCC)COP(=O)(O)OCCN. The largest absolute Gasteiger partial charge is 0.472 e. The molecule has 0 rings (SSSR count). The summed E-state index contributed by atoms with van der Waals surface area (Å²) in [7, 11) is -4.37. The Morgan fingerprint density at radius 3 is 1.17 bits per heavy atom. The van der Waals surface area contributed by atoms with E-state index < -0.39 is 26.5 Å². The van der Waals surface area contributed by atoms with E-state index in [1.165, 1.54) is 161 Å². The number of hydrogen-bond acceptors (Lipinski definition) is 8. The minimum atomic E-state index is -4.37. The summed E-state index contributed by atoms with van der Waals surface area (Å²) in [5.74, 6) is -0.824. The zero-order valence-corrected chi connectivity index (χ0v) is 46.1. The fourth-order valence-corrected chi connectivity index (χ4v) is 8.88. The lowest BCUT2D eigenvalue weighted by atomic mass is 10.0. The standard InChI is InChI=1S/C60H108NO8P/c1-3-5-7-9-11-13-14-15-16-17-18-19-20-21-22-23-24-25-26-27-28-29-30-31-32-33-34-35-36-37-38-39-40-41-42-43-44-45-47-49-51-53-60(63)69-58(57-68-70(64,65)67-55-54-61)56-66-59(62)52-50-48-46-12-10-8-6-4-2/h5,7,11,13,15-16,18-19,21-22,24-25,58H,3-4,6,8-10,12,14,17,20,23,26-57,61H2,1-2H3,(H,64,65)/b7-5-,13-11-,16-15-,19-18-,22-21-,25-24-. The molecule has 10 heteroatoms. The van der Waals surface area contributed by atoms with Crippen molar-refractivity contribution in [2.45, 2.75) is 270 Å². The number of phosphoric acid groups is 1. The molecular weight excluding hydrogens is 894 g/mol. The highest BCUT2D eigenvalue weighted by molar-refractivity contribution is 7.47. The Kier molecular flexibility index (Phi) is 53.7. The van der Waals surface area contributed by atoms with Crippen molar-refractivity contribution in [2.75, 3.05) is 26.4 Å². The molecule has 0 fully saturated rings. The Morgan fingerprint density at radius 1 is 0.443 bits per heavy atom. The summed E-state index contributed by atoms with van der Waals surface area (Å²) in [4.78, 5) is 34.9. The zero-order chi connectivity index (χ0) is 51.0. The van der Waals surface area contributed by atoms with Crippen LogP contribution in [0.5, 0.6) is 0 Å². The van der Waals surface area contributed by atoms with Gasteiger partial charge in [-0.05, 0) is 64.2 Å². The van der Waals surface area contributed by atoms with Gasteiger partial charge in [0.2, 0.25) is 0 Å². The summed E-state index contributed by atoms with van der Waals surface area (Å²) < 4.78 is 32.8. The van der Waals surface area contributed by atoms with Crippen LogP contribution in [0.4, 0.5) is 0 Å². The molecule has 0 aromatic heterocycles. The van der Waals surface area contributed by atoms with Crippen LogP contribution in [0.2, 0.25) is 0 Å². The number of nitrogens with two attached hydrogens (primary N) is 1. The molecule has 0 aliphatic heterocycles. The number of esters is 2. The predicted octanol–water partition coefficient (Wildman–Crippen LogP) is 18.1. The average Bonchev–Trinajstić information content (AvgIpc) is 3.35. The monoisotopic (exact) mass is 1000 g/mol. The topological polar surface area (TPSA) is 134 Å². The molecule has 0 bridgehead atoms. The van der Waals surface area contributed by atoms with Crippen molar-refractivity contribution in [1.29, 1.82) is 0 Å². The quantitative estimate of drug-likeness (QED) is 0.0264. The van der Waals surface area contributed by atoms with E-state index in [9.17, 15) is 19.0 Å². The van der Waals surface area contributed by atoms with Crippen LogP contribution < -0.4 is 5.73 Å². The molecule has 0 saturated carbocycles. The molecular formula is C60H108NO8P. The Bertz CT molecular complexity index is 1370. The van der Waals surface area contributed by atoms with E-state index >= 15 is 0 Å². The number of phosphoric ester groups is 1. The molecule has 0 heterocycles. The van der Waals surface area contributed by atoms with Gasteiger partial charge in [-0.1, -0.05) is 260 Å². The number of rotatable bonds is 54. The van der Waals surface area contributed by atoms with Crippen molar-refractivity contribution < 1.29 is 37.6 Å². The maximum absolute atomic E-state index is 12.6. The number of carbonyl (C=O) groups is 2. The van der Waals surface area contributed by atoms with Crippen molar-refractivity contribution in [1.82, 2.24) is 0 Å². The van der Waals surface area contributed by atoms with E-state index in [0.717, 1.165) is 70.6 Å². The molecule has 0 aliphatic rings. The molecule has 0 aromatic rings. The van der Waals surface area contributed by atoms with Crippen LogP contribution in [0.1, 0.15) is 264 Å². The van der Waals surface area contributed by atoms with Crippen LogP contribution in [0.25, 0.3) is 0 Å². The summed E-state index contributed by atoms with van der Waals surface area (Å²) in [6.45, 7) is 3.60. The van der Waals surface area contributed by atoms with Crippen LogP contribution in [0.15, 0.2) is 72.9 Å². The third-order valence-corrected chi connectivity index (χ3v) is 13.3. The number of unbranched alkanes of at least 4 members (excludes halogenated alkanes) is 29. The van der Waals surface area contributed by atoms with Gasteiger partial charge in [0.15, 0.2) is 6.10 Å². The van der Waals surface area contributed by atoms with Crippen molar-refractivity contribution in [2.24, 2.45) is 5.73 Å². The van der Waals surface area contributed by atoms with Gasteiger partial charge in [-0.15, -0.1) is 0 Å². The molecule has 0 aliphatic carbocycles. The van der Waals surface area contributed by atoms with Crippen molar-refractivity contribution in [3.8, 4) is 0 Å². The van der Waals surface area contributed by atoms with Gasteiger partial charge in [-0.3, -0.25) is 18.6 Å². The maximum Gasteiger partial charge on any atom is 0.472 e. The molecule has 2 atom stereocenters. The van der Waals surface area contributed by atoms with Crippen LogP contribution in [-0.2, 0) is 32.7 Å². The summed E-state index contributed by atoms with van der Waals surface area (Å²) in [5, 5.41) is 0. The summed E-state index contributed by atoms with van der Waals surface area (Å²) in [6, 6.07) is 0. The minimum Gasteiger partial charge on any atom is -0.462 e. The van der Waals surface area contributed by atoms with Crippen molar-refractivity contribution in [3.63, 3.8) is 0 Å². The lowest BCUT2D eigenvalue weighted by Gasteiger charge is -2.19. The second-order valence-corrected chi connectivity index (χ2v) is 20.6. The summed E-state index contributed by atoms with van der Waals surface area (Å²) >= 11 is 0. The molecule has 9 nitrogen and oxygen atoms in total. The first-order valence-corrected chi connectivity index (χ1v) is 30.4. The predicted molar refractivity (Wildman–Crippen MR) is 298 cm³/mol. The molecule has 2 unspecified atom stereocenters. The fraction of sp³-hybridized carbons (Fsp3) is 0.767. The van der Waals surface area contributed by atoms with Crippen LogP contribution in [-0.4, -0.2) is 49.3 Å². The third-order valence-electron chi connectivity index (χ3n) is 12.4. The second kappa shape index (κ2) is 55.8. The lowest BCUT2D eigenvalue weighted by molar-refractivity contribution is -0.161. The van der Waals surface area contributed by atoms with E-state index in [0.29, 0.717) is 6.42 Å². The number of hydrogen-bond donors (Lipinski definition) is 2. The molecule has 0 spiro atoms. The summed E-state index contributed by atoms with van der Waals surface area (Å²) in [5.41, 5.74) is 5.36. The highest BCUT2D eigenvalue weighted by atomic mass is 31.2. The van der Waals surface area contributed by atoms with Gasteiger partial charge in [0.25, 0.3) is 0 Å². The molecule has 0 saturated heterocycles. The van der Waals surface area contributed by atoms with Gasteiger partial charge in [0.1, 0.15) is 6.61 Å². The first kappa shape index (κ1) is 67.5. The molecule has 3 N–H and O–H groups in total. The highest BCUT2D eigenvalue weighted by Crippen LogP contribution is 2.43. The minimum absolute atomic E-state index is 0.0545. The van der Waals surface area contributed by atoms with Gasteiger partial charge < -0.3 is 20.1 Å². The van der Waals surface area contributed by atoms with Gasteiger partial charge in [-0.2, -0.15) is 0 Å². The van der Waals surface area contributed by atoms with E-state index in [2.05, 4.69) is 86.8 Å². The first-order valence-electron chi connectivity index (χ1n) is 28.9. The van der Waals surface area contributed by atoms with Crippen LogP contribution in [0, 0.1) is 0 Å². The Labute approximate surface area is 431 Å². The van der Waals surface area contributed by atoms with Crippen LogP contribution >= 0.6 is 7.82 Å². The maximum atomic E-state index is 12.6.